The summed E-state index contributed by atoms with van der Waals surface area (Å²) in [5.74, 6) is 0.0895. The van der Waals surface area contributed by atoms with E-state index >= 15 is 0 Å². The van der Waals surface area contributed by atoms with Crippen molar-refractivity contribution in [3.8, 4) is 12.1 Å². The van der Waals surface area contributed by atoms with Crippen molar-refractivity contribution >= 4 is 28.4 Å². The van der Waals surface area contributed by atoms with Crippen molar-refractivity contribution in [2.24, 2.45) is 0 Å². The number of nitrogens with zero attached hydrogens (tertiary/aromatic N) is 6. The maximum atomic E-state index is 13.6. The van der Waals surface area contributed by atoms with E-state index in [1.54, 1.807) is 23.0 Å². The molecule has 9 nitrogen and oxygen atoms in total. The highest BCUT2D eigenvalue weighted by molar-refractivity contribution is 5.88. The van der Waals surface area contributed by atoms with Crippen LogP contribution >= 0.6 is 0 Å². The summed E-state index contributed by atoms with van der Waals surface area (Å²) in [6.45, 7) is 2.08. The molecule has 3 heterocycles. The third-order valence-corrected chi connectivity index (χ3v) is 6.68. The number of anilines is 1. The molecule has 1 atom stereocenters. The van der Waals surface area contributed by atoms with Gasteiger partial charge in [-0.3, -0.25) is 14.6 Å². The molecule has 2 amide bonds. The van der Waals surface area contributed by atoms with Gasteiger partial charge in [0, 0.05) is 44.0 Å². The molecule has 9 heteroatoms. The summed E-state index contributed by atoms with van der Waals surface area (Å²) in [6.07, 6.45) is 5.90. The van der Waals surface area contributed by atoms with Crippen molar-refractivity contribution in [1.82, 2.24) is 19.7 Å². The van der Waals surface area contributed by atoms with Crippen LogP contribution in [0.3, 0.4) is 0 Å². The predicted molar refractivity (Wildman–Crippen MR) is 131 cm³/mol. The number of carbonyl (C=O) groups is 2. The topological polar surface area (TPSA) is 116 Å². The van der Waals surface area contributed by atoms with Crippen molar-refractivity contribution in [3.05, 3.63) is 47.9 Å². The van der Waals surface area contributed by atoms with Crippen molar-refractivity contribution in [2.45, 2.75) is 38.1 Å². The van der Waals surface area contributed by atoms with Crippen LogP contribution in [0.4, 0.5) is 5.69 Å². The number of amides is 2. The minimum atomic E-state index is -0.592. The fraction of sp³-hybridized carbons (Fsp3) is 0.423. The molecule has 1 aromatic carbocycles. The Morgan fingerprint density at radius 2 is 1.89 bits per heavy atom. The first kappa shape index (κ1) is 24.0. The molecule has 0 spiro atoms. The summed E-state index contributed by atoms with van der Waals surface area (Å²) in [4.78, 5) is 35.7. The van der Waals surface area contributed by atoms with E-state index < -0.39 is 6.04 Å². The zero-order valence-corrected chi connectivity index (χ0v) is 19.9. The molecular formula is C26H29N7O2. The van der Waals surface area contributed by atoms with Crippen molar-refractivity contribution < 1.29 is 9.59 Å². The van der Waals surface area contributed by atoms with Crippen LogP contribution in [-0.2, 0) is 9.59 Å². The van der Waals surface area contributed by atoms with Crippen LogP contribution in [0.25, 0.3) is 10.9 Å². The van der Waals surface area contributed by atoms with E-state index in [-0.39, 0.29) is 29.8 Å². The van der Waals surface area contributed by atoms with Gasteiger partial charge in [-0.05, 0) is 56.4 Å². The van der Waals surface area contributed by atoms with Crippen molar-refractivity contribution in [2.75, 3.05) is 38.5 Å². The first-order valence-corrected chi connectivity index (χ1v) is 12.0. The Morgan fingerprint density at radius 3 is 2.63 bits per heavy atom. The highest BCUT2D eigenvalue weighted by Gasteiger charge is 2.34. The van der Waals surface area contributed by atoms with Gasteiger partial charge in [0.25, 0.3) is 0 Å². The summed E-state index contributed by atoms with van der Waals surface area (Å²) in [5.41, 5.74) is 1.39. The summed E-state index contributed by atoms with van der Waals surface area (Å²) < 4.78 is 0. The van der Waals surface area contributed by atoms with Gasteiger partial charge < -0.3 is 20.0 Å². The van der Waals surface area contributed by atoms with Crippen molar-refractivity contribution in [3.63, 3.8) is 0 Å². The average Bonchev–Trinajstić information content (AvgIpc) is 3.36. The summed E-state index contributed by atoms with van der Waals surface area (Å²) in [7, 11) is 1.72. The monoisotopic (exact) mass is 471 g/mol. The molecule has 1 N–H and O–H groups in total. The first-order chi connectivity index (χ1) is 17.0. The van der Waals surface area contributed by atoms with Gasteiger partial charge in [0.05, 0.1) is 12.1 Å². The summed E-state index contributed by atoms with van der Waals surface area (Å²) in [6, 6.07) is 12.7. The lowest BCUT2D eigenvalue weighted by Crippen LogP contribution is -2.50. The lowest BCUT2D eigenvalue weighted by Gasteiger charge is -2.33. The third kappa shape index (κ3) is 5.36. The number of fused-ring (bicyclic) bond motifs is 1. The third-order valence-electron chi connectivity index (χ3n) is 6.68. The first-order valence-electron chi connectivity index (χ1n) is 12.0. The Labute approximate surface area is 205 Å². The molecule has 1 aromatic heterocycles. The number of benzene rings is 1. The SMILES string of the molecule is CN(C(Nc1ccc2ncccc2c1)=C(C#N)C#N)C1CCCCN(CC(=O)N2CCCC2)C1=O. The van der Waals surface area contributed by atoms with Gasteiger partial charge in [0.1, 0.15) is 24.0 Å². The van der Waals surface area contributed by atoms with Gasteiger partial charge in [0.2, 0.25) is 11.8 Å². The number of hydrogen-bond donors (Lipinski definition) is 1. The number of aromatic nitrogens is 1. The Morgan fingerprint density at radius 1 is 1.14 bits per heavy atom. The number of likely N-dealkylation sites (N-methyl/N-ethyl adjacent to an activating group) is 1. The second-order valence-corrected chi connectivity index (χ2v) is 8.95. The smallest absolute Gasteiger partial charge is 0.245 e. The molecule has 2 aromatic rings. The normalized spacial score (nSPS) is 17.9. The minimum absolute atomic E-state index is 0.0208. The second-order valence-electron chi connectivity index (χ2n) is 8.95. The number of allylic oxidation sites excluding steroid dienone is 1. The summed E-state index contributed by atoms with van der Waals surface area (Å²) in [5, 5.41) is 23.4. The molecule has 0 radical (unpaired) electrons. The van der Waals surface area contributed by atoms with Crippen LogP contribution < -0.4 is 5.32 Å². The van der Waals surface area contributed by atoms with E-state index in [0.29, 0.717) is 18.7 Å². The van der Waals surface area contributed by atoms with Gasteiger partial charge in [-0.15, -0.1) is 0 Å². The van der Waals surface area contributed by atoms with Crippen LogP contribution in [0.5, 0.6) is 0 Å². The Bertz CT molecular complexity index is 1200. The molecule has 2 saturated heterocycles. The fourth-order valence-corrected chi connectivity index (χ4v) is 4.73. The largest absolute Gasteiger partial charge is 0.347 e. The lowest BCUT2D eigenvalue weighted by molar-refractivity contribution is -0.142. The van der Waals surface area contributed by atoms with Gasteiger partial charge in [-0.25, -0.2) is 0 Å². The molecular weight excluding hydrogens is 442 g/mol. The number of pyridine rings is 1. The maximum Gasteiger partial charge on any atom is 0.245 e. The van der Waals surface area contributed by atoms with Crippen LogP contribution in [0.15, 0.2) is 47.9 Å². The van der Waals surface area contributed by atoms with Crippen LogP contribution in [-0.4, -0.2) is 70.8 Å². The Hall–Kier alpha value is -4.11. The standard InChI is InChI=1S/C26H29N7O2/c1-31(23-8-2-3-14-33(26(23)35)18-24(34)32-12-4-5-13-32)25(20(16-27)17-28)30-21-9-10-22-19(15-21)7-6-11-29-22/h6-7,9-11,15,23,30H,2-5,8,12-14,18H2,1H3. The zero-order valence-electron chi connectivity index (χ0n) is 19.9. The van der Waals surface area contributed by atoms with E-state index in [1.165, 1.54) is 0 Å². The Kier molecular flexibility index (Phi) is 7.47. The number of hydrogen-bond acceptors (Lipinski definition) is 7. The average molecular weight is 472 g/mol. The molecule has 0 aliphatic carbocycles. The summed E-state index contributed by atoms with van der Waals surface area (Å²) >= 11 is 0. The number of likely N-dealkylation sites (tertiary alicyclic amines) is 2. The number of rotatable bonds is 6. The Balaban J connectivity index is 1.58. The molecule has 0 saturated carbocycles. The van der Waals surface area contributed by atoms with Crippen LogP contribution in [0.1, 0.15) is 32.1 Å². The quantitative estimate of drug-likeness (QED) is 0.644. The maximum absolute atomic E-state index is 13.6. The number of carbonyl (C=O) groups excluding carboxylic acids is 2. The fourth-order valence-electron chi connectivity index (χ4n) is 4.73. The molecule has 2 aliphatic heterocycles. The van der Waals surface area contributed by atoms with Gasteiger partial charge >= 0.3 is 0 Å². The van der Waals surface area contributed by atoms with E-state index in [9.17, 15) is 20.1 Å². The zero-order chi connectivity index (χ0) is 24.8. The van der Waals surface area contributed by atoms with Crippen LogP contribution in [0, 0.1) is 22.7 Å². The molecule has 4 rings (SSSR count). The molecule has 2 fully saturated rings. The van der Waals surface area contributed by atoms with E-state index in [4.69, 9.17) is 0 Å². The lowest BCUT2D eigenvalue weighted by atomic mass is 10.1. The predicted octanol–water partition coefficient (Wildman–Crippen LogP) is 2.84. The number of nitrogens with one attached hydrogen (secondary N) is 1. The highest BCUT2D eigenvalue weighted by Crippen LogP contribution is 2.25. The number of nitriles is 2. The highest BCUT2D eigenvalue weighted by atomic mass is 16.2. The minimum Gasteiger partial charge on any atom is -0.347 e. The van der Waals surface area contributed by atoms with Crippen molar-refractivity contribution in [1.29, 1.82) is 10.5 Å². The van der Waals surface area contributed by atoms with E-state index in [0.717, 1.165) is 49.7 Å². The van der Waals surface area contributed by atoms with Gasteiger partial charge in [0.15, 0.2) is 5.57 Å². The van der Waals surface area contributed by atoms with Gasteiger partial charge in [-0.2, -0.15) is 10.5 Å². The van der Waals surface area contributed by atoms with Crippen LogP contribution in [0.2, 0.25) is 0 Å². The van der Waals surface area contributed by atoms with E-state index in [2.05, 4.69) is 10.3 Å². The molecule has 0 bridgehead atoms. The molecule has 180 valence electrons. The molecule has 2 aliphatic rings. The molecule has 35 heavy (non-hydrogen) atoms. The molecule has 1 unspecified atom stereocenters. The van der Waals surface area contributed by atoms with Gasteiger partial charge in [-0.1, -0.05) is 6.07 Å². The van der Waals surface area contributed by atoms with E-state index in [1.807, 2.05) is 47.4 Å². The second kappa shape index (κ2) is 10.9.